The zero-order valence-corrected chi connectivity index (χ0v) is 12.0. The van der Waals surface area contributed by atoms with Crippen molar-refractivity contribution in [3.8, 4) is 0 Å². The summed E-state index contributed by atoms with van der Waals surface area (Å²) in [4.78, 5) is 2.46. The maximum atomic E-state index is 11.7. The van der Waals surface area contributed by atoms with Gasteiger partial charge in [0.2, 0.25) is 0 Å². The van der Waals surface area contributed by atoms with Crippen LogP contribution < -0.4 is 0 Å². The second kappa shape index (κ2) is 5.88. The molecule has 0 aromatic carbocycles. The summed E-state index contributed by atoms with van der Waals surface area (Å²) in [5.74, 6) is 0.605. The summed E-state index contributed by atoms with van der Waals surface area (Å²) < 4.78 is 23.3. The van der Waals surface area contributed by atoms with Crippen molar-refractivity contribution >= 4 is 9.84 Å². The molecule has 0 aromatic rings. The van der Waals surface area contributed by atoms with Gasteiger partial charge in [0, 0.05) is 25.4 Å². The van der Waals surface area contributed by atoms with E-state index in [1.807, 2.05) is 0 Å². The van der Waals surface area contributed by atoms with Crippen molar-refractivity contribution in [1.29, 1.82) is 0 Å². The molecule has 0 radical (unpaired) electrons. The third kappa shape index (κ3) is 3.45. The van der Waals surface area contributed by atoms with Gasteiger partial charge in [-0.2, -0.15) is 0 Å². The Morgan fingerprint density at radius 1 is 1.28 bits per heavy atom. The molecule has 2 aliphatic rings. The van der Waals surface area contributed by atoms with Crippen molar-refractivity contribution < 1.29 is 13.5 Å². The number of aliphatic hydroxyl groups excluding tert-OH is 1. The summed E-state index contributed by atoms with van der Waals surface area (Å²) in [6.07, 6.45) is 7.23. The highest BCUT2D eigenvalue weighted by molar-refractivity contribution is 7.91. The van der Waals surface area contributed by atoms with Gasteiger partial charge in [-0.25, -0.2) is 8.42 Å². The maximum Gasteiger partial charge on any atom is 0.150 e. The number of hydrogen-bond donors (Lipinski definition) is 1. The average Bonchev–Trinajstić information content (AvgIpc) is 2.77. The molecule has 5 heteroatoms. The van der Waals surface area contributed by atoms with Gasteiger partial charge in [-0.15, -0.1) is 0 Å². The molecule has 0 spiro atoms. The quantitative estimate of drug-likeness (QED) is 0.833. The lowest BCUT2D eigenvalue weighted by atomic mass is 9.94. The second-order valence-electron chi connectivity index (χ2n) is 5.93. The normalized spacial score (nSPS) is 34.9. The van der Waals surface area contributed by atoms with E-state index < -0.39 is 9.84 Å². The first kappa shape index (κ1) is 14.3. The minimum atomic E-state index is -2.88. The van der Waals surface area contributed by atoms with Gasteiger partial charge in [0.25, 0.3) is 0 Å². The summed E-state index contributed by atoms with van der Waals surface area (Å²) in [5.41, 5.74) is 0. The Morgan fingerprint density at radius 3 is 2.72 bits per heavy atom. The van der Waals surface area contributed by atoms with Crippen LogP contribution in [-0.2, 0) is 9.84 Å². The third-order valence-electron chi connectivity index (χ3n) is 4.57. The lowest BCUT2D eigenvalue weighted by Crippen LogP contribution is -2.41. The first-order chi connectivity index (χ1) is 8.50. The van der Waals surface area contributed by atoms with Crippen molar-refractivity contribution in [2.24, 2.45) is 5.92 Å². The van der Waals surface area contributed by atoms with Crippen LogP contribution in [0.15, 0.2) is 0 Å². The Hall–Kier alpha value is -0.130. The van der Waals surface area contributed by atoms with Crippen LogP contribution in [-0.4, -0.2) is 55.7 Å². The van der Waals surface area contributed by atoms with Crippen LogP contribution in [0.4, 0.5) is 0 Å². The van der Waals surface area contributed by atoms with E-state index in [0.717, 1.165) is 51.6 Å². The molecule has 1 aliphatic carbocycles. The third-order valence-corrected chi connectivity index (χ3v) is 6.21. The number of aliphatic hydroxyl groups is 1. The molecular formula is C13H25NO3S. The first-order valence-corrected chi connectivity index (χ1v) is 9.00. The predicted molar refractivity (Wildman–Crippen MR) is 72.3 cm³/mol. The molecule has 3 atom stereocenters. The molecule has 4 nitrogen and oxygen atoms in total. The van der Waals surface area contributed by atoms with Crippen LogP contribution in [0.3, 0.4) is 0 Å². The minimum Gasteiger partial charge on any atom is -0.396 e. The highest BCUT2D eigenvalue weighted by atomic mass is 32.2. The molecule has 2 rings (SSSR count). The number of sulfone groups is 1. The first-order valence-electron chi connectivity index (χ1n) is 7.04. The van der Waals surface area contributed by atoms with E-state index in [4.69, 9.17) is 5.11 Å². The smallest absolute Gasteiger partial charge is 0.150 e. The fourth-order valence-electron chi connectivity index (χ4n) is 3.45. The molecule has 18 heavy (non-hydrogen) atoms. The van der Waals surface area contributed by atoms with Gasteiger partial charge in [-0.1, -0.05) is 6.42 Å². The van der Waals surface area contributed by atoms with Crippen LogP contribution in [0.5, 0.6) is 0 Å². The molecule has 0 amide bonds. The van der Waals surface area contributed by atoms with E-state index in [1.165, 1.54) is 6.26 Å². The Labute approximate surface area is 110 Å². The molecule has 1 aliphatic heterocycles. The summed E-state index contributed by atoms with van der Waals surface area (Å²) >= 11 is 0. The van der Waals surface area contributed by atoms with Crippen LogP contribution in [0, 0.1) is 5.92 Å². The Bertz CT molecular complexity index is 368. The molecule has 106 valence electrons. The van der Waals surface area contributed by atoms with Crippen LogP contribution >= 0.6 is 0 Å². The molecule has 2 fully saturated rings. The summed E-state index contributed by atoms with van der Waals surface area (Å²) in [7, 11) is -2.88. The van der Waals surface area contributed by atoms with Crippen molar-refractivity contribution in [2.45, 2.75) is 49.8 Å². The van der Waals surface area contributed by atoms with E-state index in [2.05, 4.69) is 4.90 Å². The van der Waals surface area contributed by atoms with E-state index in [-0.39, 0.29) is 11.9 Å². The van der Waals surface area contributed by atoms with E-state index in [9.17, 15) is 8.42 Å². The van der Waals surface area contributed by atoms with Crippen LogP contribution in [0.25, 0.3) is 0 Å². The van der Waals surface area contributed by atoms with Gasteiger partial charge in [-0.05, 0) is 44.6 Å². The predicted octanol–water partition coefficient (Wildman–Crippen LogP) is 1.05. The van der Waals surface area contributed by atoms with E-state index in [0.29, 0.717) is 12.0 Å². The minimum absolute atomic E-state index is 0.131. The van der Waals surface area contributed by atoms with Crippen molar-refractivity contribution in [1.82, 2.24) is 4.90 Å². The maximum absolute atomic E-state index is 11.7. The summed E-state index contributed by atoms with van der Waals surface area (Å²) in [5, 5.41) is 8.84. The van der Waals surface area contributed by atoms with Crippen molar-refractivity contribution in [3.05, 3.63) is 0 Å². The number of rotatable bonds is 4. The van der Waals surface area contributed by atoms with Gasteiger partial charge in [0.1, 0.15) is 9.84 Å². The summed E-state index contributed by atoms with van der Waals surface area (Å²) in [6, 6.07) is 0.446. The fraction of sp³-hybridized carbons (Fsp3) is 1.00. The van der Waals surface area contributed by atoms with Gasteiger partial charge in [0.05, 0.1) is 5.25 Å². The highest BCUT2D eigenvalue weighted by Gasteiger charge is 2.34. The van der Waals surface area contributed by atoms with Crippen LogP contribution in [0.1, 0.15) is 38.5 Å². The van der Waals surface area contributed by atoms with Gasteiger partial charge < -0.3 is 10.0 Å². The molecule has 1 N–H and O–H groups in total. The number of hydrogen-bond acceptors (Lipinski definition) is 4. The van der Waals surface area contributed by atoms with E-state index in [1.54, 1.807) is 0 Å². The number of nitrogens with zero attached hydrogens (tertiary/aromatic N) is 1. The Morgan fingerprint density at radius 2 is 2.06 bits per heavy atom. The van der Waals surface area contributed by atoms with Gasteiger partial charge >= 0.3 is 0 Å². The topological polar surface area (TPSA) is 57.6 Å². The molecular weight excluding hydrogens is 250 g/mol. The zero-order chi connectivity index (χ0) is 13.2. The lowest BCUT2D eigenvalue weighted by Gasteiger charge is -2.34. The van der Waals surface area contributed by atoms with Gasteiger partial charge in [0.15, 0.2) is 0 Å². The van der Waals surface area contributed by atoms with Crippen molar-refractivity contribution in [2.75, 3.05) is 26.0 Å². The van der Waals surface area contributed by atoms with E-state index >= 15 is 0 Å². The zero-order valence-electron chi connectivity index (χ0n) is 11.2. The molecule has 1 saturated heterocycles. The Balaban J connectivity index is 1.90. The second-order valence-corrected chi connectivity index (χ2v) is 8.26. The SMILES string of the molecule is CS(=O)(=O)C1CCCC(N2CCC(CCO)C2)C1. The average molecular weight is 275 g/mol. The largest absolute Gasteiger partial charge is 0.396 e. The molecule has 1 saturated carbocycles. The lowest BCUT2D eigenvalue weighted by molar-refractivity contribution is 0.180. The molecule has 0 aromatic heterocycles. The van der Waals surface area contributed by atoms with Crippen LogP contribution in [0.2, 0.25) is 0 Å². The molecule has 0 bridgehead atoms. The fourth-order valence-corrected chi connectivity index (χ4v) is 4.62. The molecule has 1 heterocycles. The number of likely N-dealkylation sites (tertiary alicyclic amines) is 1. The van der Waals surface area contributed by atoms with Crippen molar-refractivity contribution in [3.63, 3.8) is 0 Å². The standard InChI is InChI=1S/C13H25NO3S/c1-18(16,17)13-4-2-3-12(9-13)14-7-5-11(10-14)6-8-15/h11-13,15H,2-10H2,1H3. The highest BCUT2D eigenvalue weighted by Crippen LogP contribution is 2.31. The summed E-state index contributed by atoms with van der Waals surface area (Å²) in [6.45, 7) is 2.39. The molecule has 3 unspecified atom stereocenters. The van der Waals surface area contributed by atoms with Gasteiger partial charge in [-0.3, -0.25) is 0 Å². The Kier molecular flexibility index (Phi) is 4.67. The monoisotopic (exact) mass is 275 g/mol.